The number of thiophene rings is 1. The Labute approximate surface area is 136 Å². The van der Waals surface area contributed by atoms with Crippen molar-refractivity contribution in [3.05, 3.63) is 49.6 Å². The molecule has 1 atom stereocenters. The molecule has 0 fully saturated rings. The molecule has 0 spiro atoms. The number of halogens is 2. The average Bonchev–Trinajstić information content (AvgIpc) is 2.70. The van der Waals surface area contributed by atoms with Crippen molar-refractivity contribution in [1.82, 2.24) is 5.32 Å². The van der Waals surface area contributed by atoms with Gasteiger partial charge in [0.05, 0.1) is 10.9 Å². The van der Waals surface area contributed by atoms with Crippen molar-refractivity contribution in [3.8, 4) is 0 Å². The van der Waals surface area contributed by atoms with Crippen LogP contribution in [0.4, 0.5) is 0 Å². The highest BCUT2D eigenvalue weighted by molar-refractivity contribution is 9.10. The largest absolute Gasteiger partial charge is 0.309 e. The zero-order chi connectivity index (χ0) is 14.9. The Balaban J connectivity index is 2.37. The van der Waals surface area contributed by atoms with Crippen LogP contribution in [0.15, 0.2) is 39.7 Å². The molecule has 0 radical (unpaired) electrons. The van der Waals surface area contributed by atoms with Crippen molar-refractivity contribution in [2.75, 3.05) is 13.3 Å². The molecule has 0 aliphatic heterocycles. The monoisotopic (exact) mass is 393 g/mol. The Hall–Kier alpha value is -0.400. The van der Waals surface area contributed by atoms with Gasteiger partial charge in [0.25, 0.3) is 0 Å². The molecule has 0 aliphatic carbocycles. The Kier molecular flexibility index (Phi) is 4.92. The highest BCUT2D eigenvalue weighted by Gasteiger charge is 2.17. The minimum absolute atomic E-state index is 0.0163. The fraction of sp³-hybridized carbons (Fsp3) is 0.231. The fourth-order valence-corrected chi connectivity index (χ4v) is 4.39. The Morgan fingerprint density at radius 1 is 1.30 bits per heavy atom. The van der Waals surface area contributed by atoms with E-state index in [1.54, 1.807) is 12.1 Å². The third kappa shape index (κ3) is 3.43. The Bertz CT molecular complexity index is 691. The lowest BCUT2D eigenvalue weighted by atomic mass is 10.1. The van der Waals surface area contributed by atoms with E-state index in [0.29, 0.717) is 9.23 Å². The molecule has 3 nitrogen and oxygen atoms in total. The van der Waals surface area contributed by atoms with Crippen LogP contribution in [0.2, 0.25) is 4.34 Å². The lowest BCUT2D eigenvalue weighted by Gasteiger charge is -2.15. The van der Waals surface area contributed by atoms with Gasteiger partial charge in [-0.1, -0.05) is 23.7 Å². The summed E-state index contributed by atoms with van der Waals surface area (Å²) in [6.07, 6.45) is 1.20. The van der Waals surface area contributed by atoms with Gasteiger partial charge in [0.2, 0.25) is 0 Å². The number of nitrogens with one attached hydrogen (secondary N) is 1. The lowest BCUT2D eigenvalue weighted by Crippen LogP contribution is -2.16. The third-order valence-corrected chi connectivity index (χ3v) is 6.55. The molecule has 20 heavy (non-hydrogen) atoms. The minimum atomic E-state index is -3.17. The van der Waals surface area contributed by atoms with Crippen LogP contribution in [0.3, 0.4) is 0 Å². The van der Waals surface area contributed by atoms with Gasteiger partial charge in [-0.25, -0.2) is 8.42 Å². The third-order valence-electron chi connectivity index (χ3n) is 2.88. The van der Waals surface area contributed by atoms with Crippen LogP contribution < -0.4 is 5.32 Å². The van der Waals surface area contributed by atoms with E-state index in [-0.39, 0.29) is 6.04 Å². The van der Waals surface area contributed by atoms with E-state index >= 15 is 0 Å². The van der Waals surface area contributed by atoms with Crippen molar-refractivity contribution >= 4 is 48.7 Å². The SMILES string of the molecule is CNC(c1ccc(S(C)(=O)=O)cc1)c1cc(Br)c(Cl)s1. The van der Waals surface area contributed by atoms with Crippen LogP contribution in [0.25, 0.3) is 0 Å². The molecule has 1 unspecified atom stereocenters. The molecule has 1 heterocycles. The van der Waals surface area contributed by atoms with E-state index in [0.717, 1.165) is 14.9 Å². The normalized spacial score (nSPS) is 13.4. The van der Waals surface area contributed by atoms with E-state index in [1.807, 2.05) is 25.2 Å². The molecule has 1 N–H and O–H groups in total. The van der Waals surface area contributed by atoms with Gasteiger partial charge in [-0.15, -0.1) is 11.3 Å². The molecular formula is C13H13BrClNO2S2. The van der Waals surface area contributed by atoms with Gasteiger partial charge in [-0.3, -0.25) is 0 Å². The maximum absolute atomic E-state index is 11.5. The number of rotatable bonds is 4. The second-order valence-corrected chi connectivity index (χ2v) is 8.89. The van der Waals surface area contributed by atoms with Crippen molar-refractivity contribution < 1.29 is 8.42 Å². The first-order valence-electron chi connectivity index (χ1n) is 5.75. The molecule has 0 bridgehead atoms. The van der Waals surface area contributed by atoms with Gasteiger partial charge in [0.1, 0.15) is 4.34 Å². The summed E-state index contributed by atoms with van der Waals surface area (Å²) in [6, 6.07) is 8.84. The van der Waals surface area contributed by atoms with Crippen LogP contribution in [0.5, 0.6) is 0 Å². The second kappa shape index (κ2) is 6.15. The summed E-state index contributed by atoms with van der Waals surface area (Å²) < 4.78 is 24.5. The summed E-state index contributed by atoms with van der Waals surface area (Å²) in [6.45, 7) is 0. The lowest BCUT2D eigenvalue weighted by molar-refractivity contribution is 0.601. The standard InChI is InChI=1S/C13H13BrClNO2S2/c1-16-12(11-7-10(14)13(15)19-11)8-3-5-9(6-4-8)20(2,17)18/h3-7,12,16H,1-2H3. The first kappa shape index (κ1) is 16.0. The summed E-state index contributed by atoms with van der Waals surface area (Å²) in [5.74, 6) is 0. The van der Waals surface area contributed by atoms with E-state index < -0.39 is 9.84 Å². The summed E-state index contributed by atoms with van der Waals surface area (Å²) in [5.41, 5.74) is 0.991. The van der Waals surface area contributed by atoms with Crippen LogP contribution in [-0.2, 0) is 9.84 Å². The molecular weight excluding hydrogens is 382 g/mol. The van der Waals surface area contributed by atoms with E-state index in [2.05, 4.69) is 21.2 Å². The maximum Gasteiger partial charge on any atom is 0.175 e. The molecule has 0 aliphatic rings. The molecule has 1 aromatic carbocycles. The van der Waals surface area contributed by atoms with E-state index in [4.69, 9.17) is 11.6 Å². The van der Waals surface area contributed by atoms with Gasteiger partial charge < -0.3 is 5.32 Å². The number of sulfone groups is 1. The van der Waals surface area contributed by atoms with Crippen LogP contribution in [0.1, 0.15) is 16.5 Å². The minimum Gasteiger partial charge on any atom is -0.309 e. The second-order valence-electron chi connectivity index (χ2n) is 4.33. The zero-order valence-electron chi connectivity index (χ0n) is 10.9. The molecule has 0 saturated heterocycles. The summed E-state index contributed by atoms with van der Waals surface area (Å²) in [5, 5.41) is 3.21. The van der Waals surface area contributed by atoms with E-state index in [1.165, 1.54) is 17.6 Å². The van der Waals surface area contributed by atoms with Crippen molar-refractivity contribution in [2.45, 2.75) is 10.9 Å². The molecule has 2 aromatic rings. The molecule has 0 saturated carbocycles. The molecule has 7 heteroatoms. The highest BCUT2D eigenvalue weighted by Crippen LogP contribution is 2.37. The number of hydrogen-bond acceptors (Lipinski definition) is 4. The van der Waals surface area contributed by atoms with Gasteiger partial charge in [0.15, 0.2) is 9.84 Å². The number of benzene rings is 1. The zero-order valence-corrected chi connectivity index (χ0v) is 14.8. The summed E-state index contributed by atoms with van der Waals surface area (Å²) in [4.78, 5) is 1.39. The Morgan fingerprint density at radius 3 is 2.30 bits per heavy atom. The smallest absolute Gasteiger partial charge is 0.175 e. The van der Waals surface area contributed by atoms with Crippen LogP contribution in [0, 0.1) is 0 Å². The van der Waals surface area contributed by atoms with Crippen LogP contribution >= 0.6 is 38.9 Å². The molecule has 0 amide bonds. The first-order valence-corrected chi connectivity index (χ1v) is 9.63. The molecule has 2 rings (SSSR count). The average molecular weight is 395 g/mol. The van der Waals surface area contributed by atoms with Crippen molar-refractivity contribution in [1.29, 1.82) is 0 Å². The van der Waals surface area contributed by atoms with Crippen molar-refractivity contribution in [2.24, 2.45) is 0 Å². The quantitative estimate of drug-likeness (QED) is 0.856. The predicted octanol–water partition coefficient (Wildman–Crippen LogP) is 3.88. The fourth-order valence-electron chi connectivity index (χ4n) is 1.89. The first-order chi connectivity index (χ1) is 9.32. The van der Waals surface area contributed by atoms with Gasteiger partial charge in [0, 0.05) is 15.6 Å². The van der Waals surface area contributed by atoms with Crippen molar-refractivity contribution in [3.63, 3.8) is 0 Å². The van der Waals surface area contributed by atoms with Crippen LogP contribution in [-0.4, -0.2) is 21.7 Å². The van der Waals surface area contributed by atoms with E-state index in [9.17, 15) is 8.42 Å². The van der Waals surface area contributed by atoms with Gasteiger partial charge >= 0.3 is 0 Å². The maximum atomic E-state index is 11.5. The Morgan fingerprint density at radius 2 is 1.90 bits per heavy atom. The number of hydrogen-bond donors (Lipinski definition) is 1. The van der Waals surface area contributed by atoms with Gasteiger partial charge in [-0.2, -0.15) is 0 Å². The summed E-state index contributed by atoms with van der Waals surface area (Å²) >= 11 is 11.0. The molecule has 1 aromatic heterocycles. The topological polar surface area (TPSA) is 46.2 Å². The van der Waals surface area contributed by atoms with Gasteiger partial charge in [-0.05, 0) is 46.7 Å². The summed E-state index contributed by atoms with van der Waals surface area (Å²) in [7, 11) is -1.31. The predicted molar refractivity (Wildman–Crippen MR) is 87.5 cm³/mol. The molecule has 108 valence electrons. The highest BCUT2D eigenvalue weighted by atomic mass is 79.9.